The molecule has 110 valence electrons. The van der Waals surface area contributed by atoms with Crippen molar-refractivity contribution in [2.45, 2.75) is 6.10 Å². The summed E-state index contributed by atoms with van der Waals surface area (Å²) in [7, 11) is 3.23. The molecule has 0 aromatic carbocycles. The summed E-state index contributed by atoms with van der Waals surface area (Å²) in [5.74, 6) is 0. The van der Waals surface area contributed by atoms with Crippen molar-refractivity contribution < 1.29 is 33.8 Å². The molecule has 0 spiro atoms. The van der Waals surface area contributed by atoms with Crippen molar-refractivity contribution in [2.75, 3.05) is 67.1 Å². The summed E-state index contributed by atoms with van der Waals surface area (Å²) in [6, 6.07) is 0. The SMILES string of the molecule is COCCOCC(COCCOO)OCCOC. The highest BCUT2D eigenvalue weighted by Gasteiger charge is 2.09. The Bertz CT molecular complexity index is 144. The van der Waals surface area contributed by atoms with E-state index in [2.05, 4.69) is 4.89 Å². The largest absolute Gasteiger partial charge is 0.382 e. The van der Waals surface area contributed by atoms with E-state index in [4.69, 9.17) is 28.9 Å². The zero-order valence-electron chi connectivity index (χ0n) is 11.1. The third-order valence-corrected chi connectivity index (χ3v) is 2.00. The smallest absolute Gasteiger partial charge is 0.105 e. The molecule has 0 fully saturated rings. The molecule has 0 radical (unpaired) electrons. The summed E-state index contributed by atoms with van der Waals surface area (Å²) >= 11 is 0. The van der Waals surface area contributed by atoms with Gasteiger partial charge in [-0.25, -0.2) is 4.89 Å². The first-order valence-corrected chi connectivity index (χ1v) is 5.86. The van der Waals surface area contributed by atoms with E-state index in [9.17, 15) is 0 Å². The van der Waals surface area contributed by atoms with Crippen LogP contribution in [0.15, 0.2) is 0 Å². The molecule has 7 nitrogen and oxygen atoms in total. The molecule has 0 aromatic heterocycles. The molecule has 1 N–H and O–H groups in total. The average Bonchev–Trinajstić information content (AvgIpc) is 2.39. The Morgan fingerprint density at radius 1 is 0.778 bits per heavy atom. The molecule has 0 amide bonds. The Kier molecular flexibility index (Phi) is 14.5. The number of methoxy groups -OCH3 is 2. The Morgan fingerprint density at radius 3 is 1.89 bits per heavy atom. The fourth-order valence-corrected chi connectivity index (χ4v) is 1.11. The highest BCUT2D eigenvalue weighted by atomic mass is 17.1. The van der Waals surface area contributed by atoms with Gasteiger partial charge in [-0.3, -0.25) is 5.26 Å². The monoisotopic (exact) mass is 268 g/mol. The normalized spacial score (nSPS) is 12.8. The van der Waals surface area contributed by atoms with Crippen LogP contribution in [0.4, 0.5) is 0 Å². The van der Waals surface area contributed by atoms with Crippen molar-refractivity contribution in [2.24, 2.45) is 0 Å². The third kappa shape index (κ3) is 12.2. The first-order chi connectivity index (χ1) is 8.85. The second-order valence-electron chi connectivity index (χ2n) is 3.46. The molecule has 0 aliphatic carbocycles. The van der Waals surface area contributed by atoms with Gasteiger partial charge in [0.15, 0.2) is 0 Å². The van der Waals surface area contributed by atoms with Crippen molar-refractivity contribution in [3.63, 3.8) is 0 Å². The molecular formula is C11H24O7. The minimum atomic E-state index is -0.171. The lowest BCUT2D eigenvalue weighted by molar-refractivity contribution is -0.250. The van der Waals surface area contributed by atoms with Crippen molar-refractivity contribution in [3.8, 4) is 0 Å². The minimum absolute atomic E-state index is 0.134. The standard InChI is InChI=1S/C11H24O7/c1-13-3-5-15-9-11(17-7-4-14-2)10-16-6-8-18-12/h11-12H,3-10H2,1-2H3. The second-order valence-corrected chi connectivity index (χ2v) is 3.46. The second kappa shape index (κ2) is 14.8. The molecule has 0 aliphatic rings. The minimum Gasteiger partial charge on any atom is -0.382 e. The first kappa shape index (κ1) is 17.7. The van der Waals surface area contributed by atoms with E-state index < -0.39 is 0 Å². The summed E-state index contributed by atoms with van der Waals surface area (Å²) < 4.78 is 25.9. The Labute approximate surface area is 108 Å². The molecule has 0 heterocycles. The maximum Gasteiger partial charge on any atom is 0.105 e. The average molecular weight is 268 g/mol. The first-order valence-electron chi connectivity index (χ1n) is 5.86. The van der Waals surface area contributed by atoms with Gasteiger partial charge in [-0.2, -0.15) is 0 Å². The maximum atomic E-state index is 8.14. The number of ether oxygens (including phenoxy) is 5. The fourth-order valence-electron chi connectivity index (χ4n) is 1.11. The summed E-state index contributed by atoms with van der Waals surface area (Å²) in [6.45, 7) is 3.30. The highest BCUT2D eigenvalue weighted by Crippen LogP contribution is 1.96. The van der Waals surface area contributed by atoms with Gasteiger partial charge in [-0.15, -0.1) is 0 Å². The lowest BCUT2D eigenvalue weighted by Gasteiger charge is -2.18. The van der Waals surface area contributed by atoms with Crippen LogP contribution in [-0.2, 0) is 28.6 Å². The molecule has 1 atom stereocenters. The predicted molar refractivity (Wildman–Crippen MR) is 63.7 cm³/mol. The van der Waals surface area contributed by atoms with E-state index in [0.717, 1.165) is 0 Å². The number of hydrogen-bond acceptors (Lipinski definition) is 7. The Morgan fingerprint density at radius 2 is 1.33 bits per heavy atom. The van der Waals surface area contributed by atoms with Crippen LogP contribution >= 0.6 is 0 Å². The lowest BCUT2D eigenvalue weighted by Crippen LogP contribution is -2.28. The van der Waals surface area contributed by atoms with Crippen LogP contribution in [0.2, 0.25) is 0 Å². The Hall–Kier alpha value is -0.280. The van der Waals surface area contributed by atoms with Gasteiger partial charge in [0.1, 0.15) is 12.7 Å². The molecule has 0 aliphatic heterocycles. The lowest BCUT2D eigenvalue weighted by atomic mass is 10.4. The molecule has 0 bridgehead atoms. The molecule has 7 heteroatoms. The molecular weight excluding hydrogens is 244 g/mol. The molecule has 0 rings (SSSR count). The van der Waals surface area contributed by atoms with Crippen molar-refractivity contribution in [3.05, 3.63) is 0 Å². The van der Waals surface area contributed by atoms with Gasteiger partial charge in [-0.1, -0.05) is 0 Å². The van der Waals surface area contributed by atoms with E-state index in [1.807, 2.05) is 0 Å². The summed E-state index contributed by atoms with van der Waals surface area (Å²) in [6.07, 6.45) is -0.171. The van der Waals surface area contributed by atoms with Crippen LogP contribution in [0.3, 0.4) is 0 Å². The molecule has 1 unspecified atom stereocenters. The van der Waals surface area contributed by atoms with Gasteiger partial charge in [0.05, 0.1) is 46.2 Å². The Balaban J connectivity index is 3.62. The van der Waals surface area contributed by atoms with Crippen molar-refractivity contribution in [1.29, 1.82) is 0 Å². The van der Waals surface area contributed by atoms with Gasteiger partial charge in [0, 0.05) is 14.2 Å². The van der Waals surface area contributed by atoms with Crippen molar-refractivity contribution in [1.82, 2.24) is 0 Å². The van der Waals surface area contributed by atoms with Crippen LogP contribution in [0.1, 0.15) is 0 Å². The number of rotatable bonds is 14. The van der Waals surface area contributed by atoms with Crippen LogP contribution in [0, 0.1) is 0 Å². The van der Waals surface area contributed by atoms with Crippen molar-refractivity contribution >= 4 is 0 Å². The van der Waals surface area contributed by atoms with E-state index in [1.165, 1.54) is 0 Å². The van der Waals surface area contributed by atoms with Gasteiger partial charge < -0.3 is 23.7 Å². The van der Waals surface area contributed by atoms with Gasteiger partial charge in [0.25, 0.3) is 0 Å². The summed E-state index contributed by atoms with van der Waals surface area (Å²) in [5, 5.41) is 8.14. The summed E-state index contributed by atoms with van der Waals surface area (Å²) in [5.41, 5.74) is 0. The maximum absolute atomic E-state index is 8.14. The fraction of sp³-hybridized carbons (Fsp3) is 1.00. The van der Waals surface area contributed by atoms with Gasteiger partial charge in [-0.05, 0) is 0 Å². The molecule has 0 saturated heterocycles. The molecule has 18 heavy (non-hydrogen) atoms. The van der Waals surface area contributed by atoms with Crippen LogP contribution in [-0.4, -0.2) is 78.4 Å². The number of hydrogen-bond donors (Lipinski definition) is 1. The third-order valence-electron chi connectivity index (χ3n) is 2.00. The van der Waals surface area contributed by atoms with Gasteiger partial charge >= 0.3 is 0 Å². The zero-order chi connectivity index (χ0) is 13.5. The molecule has 0 saturated carbocycles. The zero-order valence-corrected chi connectivity index (χ0v) is 11.1. The van der Waals surface area contributed by atoms with Crippen LogP contribution < -0.4 is 0 Å². The predicted octanol–water partition coefficient (Wildman–Crippen LogP) is 0.187. The highest BCUT2D eigenvalue weighted by molar-refractivity contribution is 4.55. The van der Waals surface area contributed by atoms with E-state index in [0.29, 0.717) is 46.2 Å². The van der Waals surface area contributed by atoms with E-state index >= 15 is 0 Å². The van der Waals surface area contributed by atoms with E-state index in [-0.39, 0.29) is 12.7 Å². The summed E-state index contributed by atoms with van der Waals surface area (Å²) in [4.78, 5) is 3.90. The van der Waals surface area contributed by atoms with E-state index in [1.54, 1.807) is 14.2 Å². The van der Waals surface area contributed by atoms with Gasteiger partial charge in [0.2, 0.25) is 0 Å². The molecule has 0 aromatic rings. The van der Waals surface area contributed by atoms with Crippen LogP contribution in [0.25, 0.3) is 0 Å². The van der Waals surface area contributed by atoms with Crippen LogP contribution in [0.5, 0.6) is 0 Å². The topological polar surface area (TPSA) is 75.6 Å². The quantitative estimate of drug-likeness (QED) is 0.274.